The van der Waals surface area contributed by atoms with E-state index in [0.29, 0.717) is 18.2 Å². The smallest absolute Gasteiger partial charge is 0.416 e. The monoisotopic (exact) mass is 298 g/mol. The average molecular weight is 298 g/mol. The summed E-state index contributed by atoms with van der Waals surface area (Å²) in [6.45, 7) is 0.906. The fourth-order valence-electron chi connectivity index (χ4n) is 1.57. The quantitative estimate of drug-likeness (QED) is 0.658. The molecule has 1 rings (SSSR count). The van der Waals surface area contributed by atoms with Crippen molar-refractivity contribution in [3.63, 3.8) is 0 Å². The normalized spacial score (nSPS) is 12.9. The van der Waals surface area contributed by atoms with Gasteiger partial charge in [0, 0.05) is 6.08 Å². The second-order valence-electron chi connectivity index (χ2n) is 3.92. The molecule has 1 aromatic rings. The van der Waals surface area contributed by atoms with Crippen LogP contribution in [0.3, 0.4) is 0 Å². The summed E-state index contributed by atoms with van der Waals surface area (Å²) in [7, 11) is 0. The Kier molecular flexibility index (Phi) is 4.16. The molecule has 1 aromatic carbocycles. The Morgan fingerprint density at radius 3 is 1.95 bits per heavy atom. The van der Waals surface area contributed by atoms with Crippen LogP contribution in [0.1, 0.15) is 22.3 Å². The van der Waals surface area contributed by atoms with Crippen molar-refractivity contribution in [2.45, 2.75) is 19.3 Å². The topological polar surface area (TPSA) is 37.3 Å². The van der Waals surface area contributed by atoms with Crippen molar-refractivity contribution in [3.8, 4) is 0 Å². The van der Waals surface area contributed by atoms with E-state index in [4.69, 9.17) is 5.11 Å². The number of carboxylic acid groups (broad SMARTS) is 1. The molecule has 0 saturated heterocycles. The molecular formula is C12H8F6O2. The van der Waals surface area contributed by atoms with E-state index in [1.807, 2.05) is 0 Å². The van der Waals surface area contributed by atoms with Crippen molar-refractivity contribution in [2.75, 3.05) is 0 Å². The minimum Gasteiger partial charge on any atom is -0.478 e. The van der Waals surface area contributed by atoms with E-state index in [9.17, 15) is 31.1 Å². The van der Waals surface area contributed by atoms with Gasteiger partial charge in [0.1, 0.15) is 0 Å². The number of alkyl halides is 6. The molecular weight excluding hydrogens is 290 g/mol. The average Bonchev–Trinajstić information content (AvgIpc) is 2.23. The first-order valence-corrected chi connectivity index (χ1v) is 5.13. The molecule has 0 aliphatic rings. The molecule has 0 radical (unpaired) electrons. The number of carboxylic acids is 1. The highest BCUT2D eigenvalue weighted by Gasteiger charge is 2.38. The molecule has 0 bridgehead atoms. The Bertz CT molecular complexity index is 554. The standard InChI is InChI=1S/C12H8F6O2/c1-6-4-9(12(16,17)18)7(2-3-10(19)20)5-8(6)11(13,14)15/h2-5H,1H3,(H,19,20)/b3-2+. The minimum atomic E-state index is -4.88. The minimum absolute atomic E-state index is 0.289. The highest BCUT2D eigenvalue weighted by atomic mass is 19.4. The van der Waals surface area contributed by atoms with Gasteiger partial charge in [-0.05, 0) is 36.3 Å². The molecule has 0 fully saturated rings. The molecule has 0 amide bonds. The van der Waals surface area contributed by atoms with Gasteiger partial charge in [0.05, 0.1) is 11.1 Å². The van der Waals surface area contributed by atoms with E-state index in [1.165, 1.54) is 0 Å². The lowest BCUT2D eigenvalue weighted by atomic mass is 9.98. The Morgan fingerprint density at radius 2 is 1.55 bits per heavy atom. The Labute approximate surface area is 109 Å². The van der Waals surface area contributed by atoms with Crippen molar-refractivity contribution in [3.05, 3.63) is 40.5 Å². The number of carbonyl (C=O) groups is 1. The van der Waals surface area contributed by atoms with Gasteiger partial charge < -0.3 is 5.11 Å². The molecule has 0 spiro atoms. The third-order valence-corrected chi connectivity index (χ3v) is 2.41. The summed E-state index contributed by atoms with van der Waals surface area (Å²) in [5.41, 5.74) is -3.99. The number of aryl methyl sites for hydroxylation is 1. The van der Waals surface area contributed by atoms with Gasteiger partial charge in [-0.3, -0.25) is 0 Å². The van der Waals surface area contributed by atoms with Crippen LogP contribution in [-0.2, 0) is 17.1 Å². The first-order valence-electron chi connectivity index (χ1n) is 5.13. The maximum atomic E-state index is 12.7. The van der Waals surface area contributed by atoms with Gasteiger partial charge in [0.25, 0.3) is 0 Å². The number of aliphatic carboxylic acids is 1. The summed E-state index contributed by atoms with van der Waals surface area (Å²) in [5, 5.41) is 8.36. The highest BCUT2D eigenvalue weighted by Crippen LogP contribution is 2.39. The number of hydrogen-bond donors (Lipinski definition) is 1. The molecule has 1 N–H and O–H groups in total. The molecule has 110 valence electrons. The maximum Gasteiger partial charge on any atom is 0.416 e. The lowest BCUT2D eigenvalue weighted by Crippen LogP contribution is -2.13. The number of hydrogen-bond acceptors (Lipinski definition) is 1. The van der Waals surface area contributed by atoms with Crippen molar-refractivity contribution in [2.24, 2.45) is 0 Å². The summed E-state index contributed by atoms with van der Waals surface area (Å²) in [6, 6.07) is 0.641. The van der Waals surface area contributed by atoms with E-state index in [0.717, 1.165) is 6.92 Å². The zero-order chi connectivity index (χ0) is 15.7. The summed E-state index contributed by atoms with van der Waals surface area (Å²) in [5.74, 6) is -1.56. The third kappa shape index (κ3) is 3.75. The lowest BCUT2D eigenvalue weighted by molar-refractivity contribution is -0.141. The van der Waals surface area contributed by atoms with Crippen LogP contribution < -0.4 is 0 Å². The highest BCUT2D eigenvalue weighted by molar-refractivity contribution is 5.85. The predicted molar refractivity (Wildman–Crippen MR) is 57.9 cm³/mol. The van der Waals surface area contributed by atoms with Crippen LogP contribution in [0.4, 0.5) is 26.3 Å². The molecule has 8 heteroatoms. The Balaban J connectivity index is 3.54. The fourth-order valence-corrected chi connectivity index (χ4v) is 1.57. The van der Waals surface area contributed by atoms with Gasteiger partial charge in [-0.25, -0.2) is 4.79 Å². The zero-order valence-corrected chi connectivity index (χ0v) is 9.93. The van der Waals surface area contributed by atoms with E-state index in [-0.39, 0.29) is 6.07 Å². The van der Waals surface area contributed by atoms with Crippen LogP contribution in [0, 0.1) is 6.92 Å². The van der Waals surface area contributed by atoms with Crippen LogP contribution in [-0.4, -0.2) is 11.1 Å². The van der Waals surface area contributed by atoms with E-state index in [1.54, 1.807) is 0 Å². The predicted octanol–water partition coefficient (Wildman–Crippen LogP) is 4.13. The lowest BCUT2D eigenvalue weighted by Gasteiger charge is -2.16. The van der Waals surface area contributed by atoms with Crippen molar-refractivity contribution < 1.29 is 36.2 Å². The van der Waals surface area contributed by atoms with Gasteiger partial charge in [-0.2, -0.15) is 26.3 Å². The van der Waals surface area contributed by atoms with Crippen LogP contribution in [0.2, 0.25) is 0 Å². The second-order valence-corrected chi connectivity index (χ2v) is 3.92. The number of halogens is 6. The van der Waals surface area contributed by atoms with Crippen molar-refractivity contribution in [1.82, 2.24) is 0 Å². The van der Waals surface area contributed by atoms with Gasteiger partial charge in [-0.1, -0.05) is 0 Å². The van der Waals surface area contributed by atoms with E-state index < -0.39 is 40.6 Å². The van der Waals surface area contributed by atoms with Gasteiger partial charge >= 0.3 is 18.3 Å². The summed E-state index contributed by atoms with van der Waals surface area (Å²) < 4.78 is 76.1. The molecule has 2 nitrogen and oxygen atoms in total. The Morgan fingerprint density at radius 1 is 1.05 bits per heavy atom. The van der Waals surface area contributed by atoms with Gasteiger partial charge in [-0.15, -0.1) is 0 Å². The SMILES string of the molecule is Cc1cc(C(F)(F)F)c(/C=C/C(=O)O)cc1C(F)(F)F. The fraction of sp³-hybridized carbons (Fsp3) is 0.250. The summed E-state index contributed by atoms with van der Waals surface area (Å²) in [4.78, 5) is 10.3. The second kappa shape index (κ2) is 5.18. The van der Waals surface area contributed by atoms with Gasteiger partial charge in [0.2, 0.25) is 0 Å². The molecule has 20 heavy (non-hydrogen) atoms. The molecule has 0 unspecified atom stereocenters. The van der Waals surface area contributed by atoms with Crippen molar-refractivity contribution >= 4 is 12.0 Å². The third-order valence-electron chi connectivity index (χ3n) is 2.41. The first kappa shape index (κ1) is 16.1. The first-order chi connectivity index (χ1) is 8.93. The van der Waals surface area contributed by atoms with Gasteiger partial charge in [0.15, 0.2) is 0 Å². The molecule has 0 saturated carbocycles. The zero-order valence-electron chi connectivity index (χ0n) is 9.93. The van der Waals surface area contributed by atoms with Crippen LogP contribution in [0.5, 0.6) is 0 Å². The maximum absolute atomic E-state index is 12.7. The summed E-state index contributed by atoms with van der Waals surface area (Å²) >= 11 is 0. The Hall–Kier alpha value is -1.99. The van der Waals surface area contributed by atoms with Crippen molar-refractivity contribution in [1.29, 1.82) is 0 Å². The summed E-state index contributed by atoms with van der Waals surface area (Å²) in [6.07, 6.45) is -8.87. The molecule has 0 aliphatic carbocycles. The molecule has 0 atom stereocenters. The van der Waals surface area contributed by atoms with Crippen LogP contribution in [0.25, 0.3) is 6.08 Å². The van der Waals surface area contributed by atoms with E-state index in [2.05, 4.69) is 0 Å². The largest absolute Gasteiger partial charge is 0.478 e. The molecule has 0 heterocycles. The number of rotatable bonds is 2. The molecule has 0 aromatic heterocycles. The van der Waals surface area contributed by atoms with E-state index >= 15 is 0 Å². The van der Waals surface area contributed by atoms with Crippen LogP contribution in [0.15, 0.2) is 18.2 Å². The molecule has 0 aliphatic heterocycles. The number of benzene rings is 1. The van der Waals surface area contributed by atoms with Crippen LogP contribution >= 0.6 is 0 Å².